The molecule has 0 N–H and O–H groups in total. The van der Waals surface area contributed by atoms with Crippen molar-refractivity contribution in [3.63, 3.8) is 0 Å². The molecule has 0 fully saturated rings. The number of unbranched alkanes of at least 4 members (excludes halogenated alkanes) is 8. The molecule has 0 aromatic rings. The minimum absolute atomic E-state index is 0.518. The molecule has 39 heavy (non-hydrogen) atoms. The molecule has 0 spiro atoms. The summed E-state index contributed by atoms with van der Waals surface area (Å²) in [5.74, 6) is 0. The summed E-state index contributed by atoms with van der Waals surface area (Å²) in [4.78, 5) is 0. The molecular formula is C39H78. The fourth-order valence-electron chi connectivity index (χ4n) is 4.11. The average Bonchev–Trinajstić information content (AvgIpc) is 2.87. The van der Waals surface area contributed by atoms with Gasteiger partial charge in [-0.3, -0.25) is 0 Å². The van der Waals surface area contributed by atoms with Crippen LogP contribution < -0.4 is 0 Å². The van der Waals surface area contributed by atoms with Gasteiger partial charge in [-0.05, 0) is 77.0 Å². The van der Waals surface area contributed by atoms with E-state index in [1.54, 1.807) is 0 Å². The molecule has 0 aliphatic heterocycles. The zero-order chi connectivity index (χ0) is 31.0. The summed E-state index contributed by atoms with van der Waals surface area (Å²) in [6, 6.07) is 0. The van der Waals surface area contributed by atoms with E-state index in [9.17, 15) is 0 Å². The van der Waals surface area contributed by atoms with E-state index in [0.29, 0.717) is 10.8 Å². The Balaban J connectivity index is -0.000000269. The van der Waals surface area contributed by atoms with Crippen molar-refractivity contribution >= 4 is 0 Å². The van der Waals surface area contributed by atoms with Gasteiger partial charge in [-0.2, -0.15) is 0 Å². The highest BCUT2D eigenvalue weighted by Gasteiger charge is 2.09. The number of rotatable bonds is 16. The summed E-state index contributed by atoms with van der Waals surface area (Å²) in [6.45, 7) is 30.7. The first-order valence-electron chi connectivity index (χ1n) is 17.0. The molecule has 0 radical (unpaired) electrons. The van der Waals surface area contributed by atoms with E-state index in [0.717, 1.165) is 0 Å². The molecule has 0 aromatic carbocycles. The van der Waals surface area contributed by atoms with Gasteiger partial charge in [-0.1, -0.05) is 175 Å². The van der Waals surface area contributed by atoms with Gasteiger partial charge in [0.15, 0.2) is 0 Å². The first-order valence-corrected chi connectivity index (χ1v) is 17.0. The van der Waals surface area contributed by atoms with E-state index in [-0.39, 0.29) is 0 Å². The molecule has 0 saturated carbocycles. The molecule has 0 heterocycles. The third kappa shape index (κ3) is 47.1. The topological polar surface area (TPSA) is 0 Å². The second kappa shape index (κ2) is 33.2. The Labute approximate surface area is 251 Å². The summed E-state index contributed by atoms with van der Waals surface area (Å²) >= 11 is 0. The van der Waals surface area contributed by atoms with Crippen LogP contribution in [-0.4, -0.2) is 0 Å². The molecule has 0 heteroatoms. The smallest absolute Gasteiger partial charge is 0.0282 e. The molecule has 0 amide bonds. The molecule has 0 aliphatic rings. The maximum Gasteiger partial charge on any atom is -0.0282 e. The highest BCUT2D eigenvalue weighted by Crippen LogP contribution is 2.23. The zero-order valence-corrected chi connectivity index (χ0v) is 30.1. The second-order valence-corrected chi connectivity index (χ2v) is 13.1. The molecule has 0 aliphatic carbocycles. The third-order valence-corrected chi connectivity index (χ3v) is 6.29. The molecule has 0 nitrogen and oxygen atoms in total. The molecule has 0 atom stereocenters. The van der Waals surface area contributed by atoms with Crippen molar-refractivity contribution in [2.45, 2.75) is 193 Å². The standard InChI is InChI=1S/2C17H32.C3H8.C2H6/c2*1-6-13-16(7-2)14-11-9-8-10-12-15-17(3,4)5;1-3-2;1-2/h2*6-7,13H,8-12,14-15H2,1-5H3;3H2,1-2H3;1-2H3/b2*13-6-,16-7+;;. The van der Waals surface area contributed by atoms with Crippen LogP contribution in [0.5, 0.6) is 0 Å². The molecule has 0 unspecified atom stereocenters. The Morgan fingerprint density at radius 3 is 0.949 bits per heavy atom. The quantitative estimate of drug-likeness (QED) is 0.133. The predicted octanol–water partition coefficient (Wildman–Crippen LogP) is 15.0. The van der Waals surface area contributed by atoms with Crippen LogP contribution in [0, 0.1) is 10.8 Å². The third-order valence-electron chi connectivity index (χ3n) is 6.29. The fourth-order valence-corrected chi connectivity index (χ4v) is 4.11. The zero-order valence-electron chi connectivity index (χ0n) is 30.1. The van der Waals surface area contributed by atoms with E-state index >= 15 is 0 Å². The Bertz CT molecular complexity index is 516. The van der Waals surface area contributed by atoms with Crippen molar-refractivity contribution in [2.75, 3.05) is 0 Å². The van der Waals surface area contributed by atoms with Crippen LogP contribution in [0.1, 0.15) is 193 Å². The van der Waals surface area contributed by atoms with Gasteiger partial charge in [0.1, 0.15) is 0 Å². The monoisotopic (exact) mass is 547 g/mol. The molecule has 0 rings (SSSR count). The summed E-state index contributed by atoms with van der Waals surface area (Å²) < 4.78 is 0. The van der Waals surface area contributed by atoms with Crippen LogP contribution in [0.15, 0.2) is 47.6 Å². The van der Waals surface area contributed by atoms with E-state index in [1.807, 2.05) is 13.8 Å². The lowest BCUT2D eigenvalue weighted by Crippen LogP contribution is -2.03. The normalized spacial score (nSPS) is 12.5. The van der Waals surface area contributed by atoms with Crippen LogP contribution in [0.2, 0.25) is 0 Å². The number of allylic oxidation sites excluding steroid dienone is 8. The van der Waals surface area contributed by atoms with Gasteiger partial charge in [0.05, 0.1) is 0 Å². The van der Waals surface area contributed by atoms with Crippen LogP contribution in [0.3, 0.4) is 0 Å². The van der Waals surface area contributed by atoms with Crippen molar-refractivity contribution in [2.24, 2.45) is 10.8 Å². The van der Waals surface area contributed by atoms with Crippen molar-refractivity contribution in [3.8, 4) is 0 Å². The molecule has 0 bridgehead atoms. The van der Waals surface area contributed by atoms with Crippen LogP contribution in [0.25, 0.3) is 0 Å². The summed E-state index contributed by atoms with van der Waals surface area (Å²) in [7, 11) is 0. The maximum absolute atomic E-state index is 2.34. The first-order chi connectivity index (χ1) is 18.4. The van der Waals surface area contributed by atoms with Crippen LogP contribution in [-0.2, 0) is 0 Å². The van der Waals surface area contributed by atoms with Gasteiger partial charge >= 0.3 is 0 Å². The largest absolute Gasteiger partial charge is 0.0874 e. The van der Waals surface area contributed by atoms with E-state index < -0.39 is 0 Å². The summed E-state index contributed by atoms with van der Waals surface area (Å²) in [6.07, 6.45) is 33.6. The highest BCUT2D eigenvalue weighted by atomic mass is 14.1. The fraction of sp³-hybridized carbons (Fsp3) is 0.795. The molecule has 0 aromatic heterocycles. The predicted molar refractivity (Wildman–Crippen MR) is 188 cm³/mol. The summed E-state index contributed by atoms with van der Waals surface area (Å²) in [5, 5.41) is 0. The van der Waals surface area contributed by atoms with Gasteiger partial charge in [-0.25, -0.2) is 0 Å². The van der Waals surface area contributed by atoms with Crippen LogP contribution in [0.4, 0.5) is 0 Å². The van der Waals surface area contributed by atoms with E-state index in [4.69, 9.17) is 0 Å². The lowest BCUT2D eigenvalue weighted by molar-refractivity contribution is 0.356. The van der Waals surface area contributed by atoms with Gasteiger partial charge < -0.3 is 0 Å². The van der Waals surface area contributed by atoms with Crippen molar-refractivity contribution in [3.05, 3.63) is 47.6 Å². The van der Waals surface area contributed by atoms with Crippen molar-refractivity contribution in [1.82, 2.24) is 0 Å². The van der Waals surface area contributed by atoms with Crippen LogP contribution >= 0.6 is 0 Å². The molecule has 0 saturated heterocycles. The number of hydrogen-bond acceptors (Lipinski definition) is 0. The Kier molecular flexibility index (Phi) is 38.2. The molecular weight excluding hydrogens is 468 g/mol. The number of hydrogen-bond donors (Lipinski definition) is 0. The maximum atomic E-state index is 2.34. The Morgan fingerprint density at radius 1 is 0.462 bits per heavy atom. The molecule has 234 valence electrons. The van der Waals surface area contributed by atoms with Gasteiger partial charge in [0, 0.05) is 0 Å². The van der Waals surface area contributed by atoms with Gasteiger partial charge in [0.25, 0.3) is 0 Å². The Hall–Kier alpha value is -1.04. The van der Waals surface area contributed by atoms with Gasteiger partial charge in [0.2, 0.25) is 0 Å². The van der Waals surface area contributed by atoms with E-state index in [2.05, 4.69) is 120 Å². The highest BCUT2D eigenvalue weighted by molar-refractivity contribution is 5.17. The Morgan fingerprint density at radius 2 is 0.718 bits per heavy atom. The first kappa shape index (κ1) is 45.0. The average molecular weight is 547 g/mol. The van der Waals surface area contributed by atoms with Crippen molar-refractivity contribution < 1.29 is 0 Å². The second-order valence-electron chi connectivity index (χ2n) is 13.1. The lowest BCUT2D eigenvalue weighted by Gasteiger charge is -2.17. The van der Waals surface area contributed by atoms with E-state index in [1.165, 1.54) is 107 Å². The summed E-state index contributed by atoms with van der Waals surface area (Å²) in [5.41, 5.74) is 4.01. The lowest BCUT2D eigenvalue weighted by atomic mass is 9.89. The minimum Gasteiger partial charge on any atom is -0.0874 e. The van der Waals surface area contributed by atoms with Crippen molar-refractivity contribution in [1.29, 1.82) is 0 Å². The minimum atomic E-state index is 0.518. The van der Waals surface area contributed by atoms with Gasteiger partial charge in [-0.15, -0.1) is 0 Å². The SMILES string of the molecule is C/C=C\C(=C/C)CCCCCCCC(C)(C)C.C/C=C\C(=C/C)CCCCCCCC(C)(C)C.CC.CCC.